The van der Waals surface area contributed by atoms with Gasteiger partial charge in [0.2, 0.25) is 0 Å². The number of nitrogens with zero attached hydrogens (tertiary/aromatic N) is 2. The SMILES string of the molecule is CC(C)(C)Oc1ccc(CNC(=O)c2cn[nH]n2)cc1. The number of aromatic nitrogens is 3. The number of rotatable bonds is 4. The normalized spacial score (nSPS) is 11.2. The Labute approximate surface area is 117 Å². The molecule has 0 aliphatic carbocycles. The molecule has 106 valence electrons. The maximum absolute atomic E-state index is 11.7. The first-order valence-electron chi connectivity index (χ1n) is 6.36. The van der Waals surface area contributed by atoms with Crippen LogP contribution in [0.3, 0.4) is 0 Å². The molecule has 0 fully saturated rings. The van der Waals surface area contributed by atoms with Gasteiger partial charge in [0, 0.05) is 6.54 Å². The Kier molecular flexibility index (Phi) is 4.02. The van der Waals surface area contributed by atoms with Gasteiger partial charge in [0.1, 0.15) is 11.4 Å². The highest BCUT2D eigenvalue weighted by molar-refractivity contribution is 5.91. The van der Waals surface area contributed by atoms with Gasteiger partial charge >= 0.3 is 0 Å². The highest BCUT2D eigenvalue weighted by Crippen LogP contribution is 2.18. The van der Waals surface area contributed by atoms with Crippen molar-refractivity contribution in [3.8, 4) is 5.75 Å². The van der Waals surface area contributed by atoms with Crippen LogP contribution in [0.2, 0.25) is 0 Å². The summed E-state index contributed by atoms with van der Waals surface area (Å²) in [4.78, 5) is 11.7. The van der Waals surface area contributed by atoms with Gasteiger partial charge in [0.15, 0.2) is 5.69 Å². The summed E-state index contributed by atoms with van der Waals surface area (Å²) in [7, 11) is 0. The molecule has 0 bridgehead atoms. The average molecular weight is 274 g/mol. The second-order valence-corrected chi connectivity index (χ2v) is 5.40. The zero-order valence-corrected chi connectivity index (χ0v) is 11.8. The quantitative estimate of drug-likeness (QED) is 0.892. The van der Waals surface area contributed by atoms with Crippen molar-refractivity contribution >= 4 is 5.91 Å². The van der Waals surface area contributed by atoms with E-state index >= 15 is 0 Å². The first kappa shape index (κ1) is 14.0. The maximum Gasteiger partial charge on any atom is 0.273 e. The van der Waals surface area contributed by atoms with Gasteiger partial charge in [-0.2, -0.15) is 15.4 Å². The molecular formula is C14H18N4O2. The van der Waals surface area contributed by atoms with Gasteiger partial charge in [0.25, 0.3) is 5.91 Å². The molecular weight excluding hydrogens is 256 g/mol. The molecule has 1 heterocycles. The van der Waals surface area contributed by atoms with E-state index in [0.717, 1.165) is 11.3 Å². The van der Waals surface area contributed by atoms with Gasteiger partial charge in [-0.1, -0.05) is 12.1 Å². The fourth-order valence-corrected chi connectivity index (χ4v) is 1.61. The van der Waals surface area contributed by atoms with E-state index in [9.17, 15) is 4.79 Å². The van der Waals surface area contributed by atoms with Crippen LogP contribution in [0.5, 0.6) is 5.75 Å². The number of carbonyl (C=O) groups excluding carboxylic acids is 1. The zero-order valence-electron chi connectivity index (χ0n) is 11.8. The van der Waals surface area contributed by atoms with E-state index in [1.165, 1.54) is 6.20 Å². The number of benzene rings is 1. The highest BCUT2D eigenvalue weighted by Gasteiger charge is 2.11. The van der Waals surface area contributed by atoms with E-state index in [-0.39, 0.29) is 17.2 Å². The molecule has 0 unspecified atom stereocenters. The second kappa shape index (κ2) is 5.73. The molecule has 0 saturated heterocycles. The van der Waals surface area contributed by atoms with Gasteiger partial charge in [-0.25, -0.2) is 0 Å². The van der Waals surface area contributed by atoms with Crippen LogP contribution in [0.15, 0.2) is 30.5 Å². The lowest BCUT2D eigenvalue weighted by molar-refractivity contribution is 0.0946. The van der Waals surface area contributed by atoms with Crippen molar-refractivity contribution in [2.75, 3.05) is 0 Å². The molecule has 1 aromatic carbocycles. The summed E-state index contributed by atoms with van der Waals surface area (Å²) in [5.41, 5.74) is 1.05. The zero-order chi connectivity index (χ0) is 14.6. The summed E-state index contributed by atoms with van der Waals surface area (Å²) in [6, 6.07) is 7.62. The topological polar surface area (TPSA) is 79.9 Å². The predicted molar refractivity (Wildman–Crippen MR) is 74.4 cm³/mol. The molecule has 0 radical (unpaired) electrons. The smallest absolute Gasteiger partial charge is 0.273 e. The van der Waals surface area contributed by atoms with Gasteiger partial charge < -0.3 is 10.1 Å². The van der Waals surface area contributed by atoms with Crippen LogP contribution in [0.1, 0.15) is 36.8 Å². The van der Waals surface area contributed by atoms with Crippen molar-refractivity contribution in [1.29, 1.82) is 0 Å². The van der Waals surface area contributed by atoms with Gasteiger partial charge in [-0.15, -0.1) is 0 Å². The van der Waals surface area contributed by atoms with Crippen molar-refractivity contribution < 1.29 is 9.53 Å². The number of ether oxygens (including phenoxy) is 1. The summed E-state index contributed by atoms with van der Waals surface area (Å²) in [6.07, 6.45) is 1.38. The van der Waals surface area contributed by atoms with E-state index in [0.29, 0.717) is 6.54 Å². The molecule has 6 nitrogen and oxygen atoms in total. The van der Waals surface area contributed by atoms with Crippen LogP contribution in [0, 0.1) is 0 Å². The van der Waals surface area contributed by atoms with Crippen molar-refractivity contribution in [2.45, 2.75) is 32.9 Å². The lowest BCUT2D eigenvalue weighted by Gasteiger charge is -2.21. The average Bonchev–Trinajstić information content (AvgIpc) is 2.89. The Hall–Kier alpha value is -2.37. The lowest BCUT2D eigenvalue weighted by atomic mass is 10.1. The first-order valence-corrected chi connectivity index (χ1v) is 6.36. The van der Waals surface area contributed by atoms with Gasteiger partial charge in [-0.3, -0.25) is 4.79 Å². The van der Waals surface area contributed by atoms with E-state index in [2.05, 4.69) is 20.7 Å². The Morgan fingerprint density at radius 2 is 2.00 bits per heavy atom. The van der Waals surface area contributed by atoms with Crippen LogP contribution >= 0.6 is 0 Å². The summed E-state index contributed by atoms with van der Waals surface area (Å²) >= 11 is 0. The molecule has 20 heavy (non-hydrogen) atoms. The molecule has 0 aliphatic heterocycles. The van der Waals surface area contributed by atoms with Crippen LogP contribution in [-0.2, 0) is 6.54 Å². The summed E-state index contributed by atoms with van der Waals surface area (Å²) in [5.74, 6) is 0.554. The lowest BCUT2D eigenvalue weighted by Crippen LogP contribution is -2.24. The summed E-state index contributed by atoms with van der Waals surface area (Å²) < 4.78 is 5.73. The third-order valence-corrected chi connectivity index (χ3v) is 2.45. The number of H-pyrrole nitrogens is 1. The molecule has 0 saturated carbocycles. The van der Waals surface area contributed by atoms with E-state index in [1.807, 2.05) is 45.0 Å². The number of aromatic amines is 1. The van der Waals surface area contributed by atoms with Crippen molar-refractivity contribution in [3.05, 3.63) is 41.7 Å². The largest absolute Gasteiger partial charge is 0.488 e. The molecule has 0 spiro atoms. The second-order valence-electron chi connectivity index (χ2n) is 5.40. The predicted octanol–water partition coefficient (Wildman–Crippen LogP) is 1.91. The molecule has 1 amide bonds. The maximum atomic E-state index is 11.7. The van der Waals surface area contributed by atoms with Gasteiger partial charge in [0.05, 0.1) is 6.20 Å². The molecule has 6 heteroatoms. The van der Waals surface area contributed by atoms with Crippen LogP contribution in [-0.4, -0.2) is 26.9 Å². The Balaban J connectivity index is 1.89. The Morgan fingerprint density at radius 1 is 1.30 bits per heavy atom. The third kappa shape index (κ3) is 4.08. The Bertz CT molecular complexity index is 556. The molecule has 2 rings (SSSR count). The van der Waals surface area contributed by atoms with Crippen molar-refractivity contribution in [3.63, 3.8) is 0 Å². The monoisotopic (exact) mass is 274 g/mol. The molecule has 2 aromatic rings. The minimum Gasteiger partial charge on any atom is -0.488 e. The standard InChI is InChI=1S/C14H18N4O2/c1-14(2,3)20-11-6-4-10(5-7-11)8-15-13(19)12-9-16-18-17-12/h4-7,9H,8H2,1-3H3,(H,15,19)(H,16,17,18). The fraction of sp³-hybridized carbons (Fsp3) is 0.357. The first-order chi connectivity index (χ1) is 9.44. The van der Waals surface area contributed by atoms with Crippen LogP contribution in [0.25, 0.3) is 0 Å². The van der Waals surface area contributed by atoms with E-state index < -0.39 is 0 Å². The fourth-order valence-electron chi connectivity index (χ4n) is 1.61. The van der Waals surface area contributed by atoms with Crippen molar-refractivity contribution in [1.82, 2.24) is 20.7 Å². The third-order valence-electron chi connectivity index (χ3n) is 2.45. The number of hydrogen-bond acceptors (Lipinski definition) is 4. The summed E-state index contributed by atoms with van der Waals surface area (Å²) in [6.45, 7) is 6.43. The van der Waals surface area contributed by atoms with Crippen LogP contribution in [0.4, 0.5) is 0 Å². The molecule has 1 aromatic heterocycles. The number of hydrogen-bond donors (Lipinski definition) is 2. The van der Waals surface area contributed by atoms with E-state index in [1.54, 1.807) is 0 Å². The van der Waals surface area contributed by atoms with Crippen LogP contribution < -0.4 is 10.1 Å². The Morgan fingerprint density at radius 3 is 2.55 bits per heavy atom. The van der Waals surface area contributed by atoms with Gasteiger partial charge in [-0.05, 0) is 38.5 Å². The molecule has 0 atom stereocenters. The minimum absolute atomic E-state index is 0.220. The minimum atomic E-state index is -0.256. The molecule has 2 N–H and O–H groups in total. The number of nitrogens with one attached hydrogen (secondary N) is 2. The number of amides is 1. The highest BCUT2D eigenvalue weighted by atomic mass is 16.5. The molecule has 0 aliphatic rings. The summed E-state index contributed by atoms with van der Waals surface area (Å²) in [5, 5.41) is 12.5. The van der Waals surface area contributed by atoms with Crippen molar-refractivity contribution in [2.24, 2.45) is 0 Å². The number of carbonyl (C=O) groups is 1. The van der Waals surface area contributed by atoms with E-state index in [4.69, 9.17) is 4.74 Å².